The number of rotatable bonds is 7. The molecule has 0 aromatic rings. The van der Waals surface area contributed by atoms with Crippen molar-refractivity contribution in [3.05, 3.63) is 31.4 Å². The zero-order valence-corrected chi connectivity index (χ0v) is 35.2. The van der Waals surface area contributed by atoms with Crippen LogP contribution in [0.1, 0.15) is 124 Å². The second kappa shape index (κ2) is 37.2. The van der Waals surface area contributed by atoms with Crippen molar-refractivity contribution in [2.45, 2.75) is 148 Å². The van der Waals surface area contributed by atoms with E-state index in [4.69, 9.17) is 11.3 Å². The number of allylic oxidation sites excluding steroid dienone is 1. The Morgan fingerprint density at radius 1 is 0.920 bits per heavy atom. The molecule has 0 radical (unpaired) electrons. The van der Waals surface area contributed by atoms with Crippen molar-refractivity contribution >= 4 is 58.0 Å². The number of aliphatic imine (C=N–C) groups is 1. The second-order valence-electron chi connectivity index (χ2n) is 13.0. The van der Waals surface area contributed by atoms with Crippen LogP contribution in [0.15, 0.2) is 36.4 Å². The summed E-state index contributed by atoms with van der Waals surface area (Å²) in [7, 11) is 0. The molecule has 0 saturated carbocycles. The Kier molecular flexibility index (Phi) is 44.0. The predicted octanol–water partition coefficient (Wildman–Crippen LogP) is 8.39. The van der Waals surface area contributed by atoms with E-state index in [9.17, 15) is 24.0 Å². The highest BCUT2D eigenvalue weighted by molar-refractivity contribution is 14.1. The predicted molar refractivity (Wildman–Crippen MR) is 220 cm³/mol. The van der Waals surface area contributed by atoms with Crippen LogP contribution in [0.25, 0.3) is 0 Å². The molecule has 0 atom stereocenters. The lowest BCUT2D eigenvalue weighted by Crippen LogP contribution is -2.36. The third-order valence-corrected chi connectivity index (χ3v) is 5.10. The minimum atomic E-state index is -0.233. The standard InChI is InChI=1S/C7H11NO3.C7H9NO2.C5H10INO.C5H9N.C5H10.C5H8.C4H10.CH4/c1-5(2)11-8-6(9)3-4-7(8)10;1-5(2)8-6(9)3-4-7(8)10;1-4(2)7-5(8)3-6;1-4-6-5(2)3;2*1-4-5(2)3;1-4(2)3;/h5H,3-4H2,1-2H3;3-5H,1-2H3;4H,3H2,1-2H3,(H,7,8);5H,1H2,2-3H3;4-5H,1H2,2-3H3;1,5H,2-3H3;4H,1-3H3;1H4. The number of amides is 5. The Labute approximate surface area is 320 Å². The fourth-order valence-corrected chi connectivity index (χ4v) is 2.57. The van der Waals surface area contributed by atoms with E-state index in [1.807, 2.05) is 84.1 Å². The molecule has 5 amide bonds. The Bertz CT molecular complexity index is 1030. The van der Waals surface area contributed by atoms with Gasteiger partial charge in [-0.3, -0.25) is 33.7 Å². The molecule has 10 nitrogen and oxygen atoms in total. The summed E-state index contributed by atoms with van der Waals surface area (Å²) in [6.45, 7) is 36.6. The van der Waals surface area contributed by atoms with E-state index < -0.39 is 0 Å². The highest BCUT2D eigenvalue weighted by atomic mass is 127. The smallest absolute Gasteiger partial charge is 0.254 e. The number of halogens is 1. The first-order valence-electron chi connectivity index (χ1n) is 16.7. The molecule has 50 heavy (non-hydrogen) atoms. The molecule has 1 fully saturated rings. The fraction of sp³-hybridized carbons (Fsp3) is 0.667. The summed E-state index contributed by atoms with van der Waals surface area (Å²) in [5, 5.41) is 3.61. The Morgan fingerprint density at radius 3 is 1.42 bits per heavy atom. The maximum Gasteiger partial charge on any atom is 0.254 e. The van der Waals surface area contributed by atoms with Gasteiger partial charge in [-0.2, -0.15) is 5.06 Å². The lowest BCUT2D eigenvalue weighted by molar-refractivity contribution is -0.198. The molecule has 0 unspecified atom stereocenters. The largest absolute Gasteiger partial charge is 0.353 e. The average Bonchev–Trinajstić information content (AvgIpc) is 3.48. The molecule has 2 heterocycles. The maximum absolute atomic E-state index is 10.9. The van der Waals surface area contributed by atoms with Crippen LogP contribution < -0.4 is 5.32 Å². The lowest BCUT2D eigenvalue weighted by Gasteiger charge is -2.17. The SMILES string of the molecule is C.C#CC(C)C.C=C=NC(C)C.C=CC(C)C.CC(C)C.CC(C)N1C(=O)C=CC1=O.CC(C)NC(=O)CI.CC(C)ON1C(=O)CCC1=O. The van der Waals surface area contributed by atoms with Crippen molar-refractivity contribution in [3.8, 4) is 12.3 Å². The molecule has 0 aliphatic carbocycles. The summed E-state index contributed by atoms with van der Waals surface area (Å²) in [4.78, 5) is 63.9. The number of alkyl halides is 1. The first kappa shape index (κ1) is 59.1. The second-order valence-corrected chi connectivity index (χ2v) is 13.7. The molecule has 290 valence electrons. The van der Waals surface area contributed by atoms with Gasteiger partial charge in [0, 0.05) is 43.0 Å². The number of carbonyl (C=O) groups excluding carboxylic acids is 5. The minimum absolute atomic E-state index is 0. The number of hydrogen-bond acceptors (Lipinski definition) is 7. The van der Waals surface area contributed by atoms with Crippen molar-refractivity contribution in [3.63, 3.8) is 0 Å². The van der Waals surface area contributed by atoms with Crippen molar-refractivity contribution in [2.75, 3.05) is 4.43 Å². The van der Waals surface area contributed by atoms with Gasteiger partial charge in [-0.1, -0.05) is 84.6 Å². The molecule has 1 saturated heterocycles. The average molecular weight is 819 g/mol. The van der Waals surface area contributed by atoms with E-state index in [1.54, 1.807) is 13.8 Å². The molecule has 1 N–H and O–H groups in total. The summed E-state index contributed by atoms with van der Waals surface area (Å²) >= 11 is 2.03. The Morgan fingerprint density at radius 2 is 1.28 bits per heavy atom. The van der Waals surface area contributed by atoms with Gasteiger partial charge in [0.2, 0.25) is 5.91 Å². The zero-order valence-electron chi connectivity index (χ0n) is 33.1. The van der Waals surface area contributed by atoms with Crippen LogP contribution >= 0.6 is 22.6 Å². The minimum Gasteiger partial charge on any atom is -0.353 e. The first-order valence-corrected chi connectivity index (χ1v) is 18.2. The van der Waals surface area contributed by atoms with E-state index in [0.717, 1.165) is 11.0 Å². The van der Waals surface area contributed by atoms with Gasteiger partial charge in [0.25, 0.3) is 23.6 Å². The molecule has 2 rings (SSSR count). The third kappa shape index (κ3) is 44.9. The van der Waals surface area contributed by atoms with E-state index in [-0.39, 0.29) is 68.0 Å². The number of hydroxylamine groups is 2. The molecular formula is C39H71IN4O6. The first-order chi connectivity index (χ1) is 22.4. The molecule has 0 aromatic heterocycles. The van der Waals surface area contributed by atoms with E-state index in [0.29, 0.717) is 22.3 Å². The molecule has 2 aliphatic heterocycles. The topological polar surface area (TPSA) is 125 Å². The summed E-state index contributed by atoms with van der Waals surface area (Å²) in [6, 6.07) is 0.592. The van der Waals surface area contributed by atoms with Gasteiger partial charge >= 0.3 is 0 Å². The third-order valence-electron chi connectivity index (χ3n) is 4.41. The molecule has 0 aromatic carbocycles. The van der Waals surface area contributed by atoms with E-state index in [2.05, 4.69) is 69.9 Å². The monoisotopic (exact) mass is 818 g/mol. The quantitative estimate of drug-likeness (QED) is 0.0688. The molecular weight excluding hydrogens is 747 g/mol. The van der Waals surface area contributed by atoms with Gasteiger partial charge in [-0.25, -0.2) is 4.99 Å². The van der Waals surface area contributed by atoms with Crippen molar-refractivity contribution in [1.82, 2.24) is 15.3 Å². The van der Waals surface area contributed by atoms with Gasteiger partial charge in [0.05, 0.1) is 16.6 Å². The fourth-order valence-electron chi connectivity index (χ4n) is 2.35. The number of nitrogens with zero attached hydrogens (tertiary/aromatic N) is 3. The molecule has 0 bridgehead atoms. The maximum atomic E-state index is 10.9. The Hall–Kier alpha value is -3.07. The van der Waals surface area contributed by atoms with E-state index in [1.165, 1.54) is 17.1 Å². The van der Waals surface area contributed by atoms with Crippen molar-refractivity contribution < 1.29 is 28.8 Å². The summed E-state index contributed by atoms with van der Waals surface area (Å²) in [6.07, 6.45) is 9.87. The normalized spacial score (nSPS) is 12.4. The van der Waals surface area contributed by atoms with Crippen LogP contribution in [-0.2, 0) is 28.8 Å². The van der Waals surface area contributed by atoms with Gasteiger partial charge in [0.15, 0.2) is 0 Å². The lowest BCUT2D eigenvalue weighted by atomic mass is 10.2. The van der Waals surface area contributed by atoms with Gasteiger partial charge in [-0.15, -0.1) is 18.9 Å². The van der Waals surface area contributed by atoms with Crippen LogP contribution in [-0.4, -0.2) is 74.0 Å². The van der Waals surface area contributed by atoms with Crippen LogP contribution in [0.3, 0.4) is 0 Å². The summed E-state index contributed by atoms with van der Waals surface area (Å²) in [5.74, 6) is 6.09. The van der Waals surface area contributed by atoms with Crippen molar-refractivity contribution in [1.29, 1.82) is 0 Å². The highest BCUT2D eigenvalue weighted by Crippen LogP contribution is 2.13. The molecule has 11 heteroatoms. The number of carbonyl (C=O) groups is 5. The molecule has 0 spiro atoms. The zero-order chi connectivity index (χ0) is 39.9. The number of imide groups is 2. The summed E-state index contributed by atoms with van der Waals surface area (Å²) in [5.41, 5.74) is 0. The number of hydrogen-bond donors (Lipinski definition) is 1. The van der Waals surface area contributed by atoms with E-state index >= 15 is 0 Å². The van der Waals surface area contributed by atoms with Gasteiger partial charge < -0.3 is 5.32 Å². The summed E-state index contributed by atoms with van der Waals surface area (Å²) < 4.78 is 0.552. The van der Waals surface area contributed by atoms with Gasteiger partial charge in [0.1, 0.15) is 0 Å². The van der Waals surface area contributed by atoms with Crippen LogP contribution in [0, 0.1) is 30.1 Å². The van der Waals surface area contributed by atoms with Crippen LogP contribution in [0.4, 0.5) is 0 Å². The van der Waals surface area contributed by atoms with Crippen molar-refractivity contribution in [2.24, 2.45) is 22.7 Å². The number of terminal acetylenes is 1. The highest BCUT2D eigenvalue weighted by Gasteiger charge is 2.30. The van der Waals surface area contributed by atoms with Crippen LogP contribution in [0.5, 0.6) is 0 Å². The number of nitrogens with one attached hydrogen (secondary N) is 1. The Balaban J connectivity index is -0.000000116. The molecule has 2 aliphatic rings. The van der Waals surface area contributed by atoms with Crippen LogP contribution in [0.2, 0.25) is 0 Å². The van der Waals surface area contributed by atoms with Gasteiger partial charge in [-0.05, 0) is 79.7 Å².